The lowest BCUT2D eigenvalue weighted by Gasteiger charge is -2.31. The number of carbonyl (C=O) groups is 2. The van der Waals surface area contributed by atoms with E-state index < -0.39 is 6.04 Å². The van der Waals surface area contributed by atoms with Gasteiger partial charge in [0.1, 0.15) is 6.04 Å². The summed E-state index contributed by atoms with van der Waals surface area (Å²) < 4.78 is 10.8. The quantitative estimate of drug-likeness (QED) is 0.427. The Balaban J connectivity index is 1.76. The van der Waals surface area contributed by atoms with Crippen molar-refractivity contribution in [2.45, 2.75) is 58.5 Å². The minimum Gasteiger partial charge on any atom is -0.454 e. The van der Waals surface area contributed by atoms with Crippen molar-refractivity contribution in [2.75, 3.05) is 13.3 Å². The highest BCUT2D eigenvalue weighted by Crippen LogP contribution is 2.33. The lowest BCUT2D eigenvalue weighted by molar-refractivity contribution is -0.141. The number of hydrogen-bond donors (Lipinski definition) is 1. The lowest BCUT2D eigenvalue weighted by atomic mass is 10.1. The molecule has 0 saturated carbocycles. The van der Waals surface area contributed by atoms with Gasteiger partial charge in [-0.15, -0.1) is 0 Å². The van der Waals surface area contributed by atoms with E-state index >= 15 is 0 Å². The molecule has 1 aliphatic heterocycles. The Morgan fingerprint density at radius 1 is 1.09 bits per heavy atom. The van der Waals surface area contributed by atoms with E-state index in [4.69, 9.17) is 32.7 Å². The molecule has 0 aliphatic carbocycles. The predicted octanol–water partition coefficient (Wildman–Crippen LogP) is 5.38. The maximum absolute atomic E-state index is 13.4. The summed E-state index contributed by atoms with van der Waals surface area (Å²) in [5.74, 6) is 1.13. The summed E-state index contributed by atoms with van der Waals surface area (Å²) in [5, 5.41) is 3.96. The molecular weight excluding hydrogens is 463 g/mol. The lowest BCUT2D eigenvalue weighted by Crippen LogP contribution is -2.49. The van der Waals surface area contributed by atoms with Gasteiger partial charge in [0.15, 0.2) is 11.5 Å². The number of rotatable bonds is 11. The van der Waals surface area contributed by atoms with Crippen LogP contribution in [0.5, 0.6) is 11.5 Å². The van der Waals surface area contributed by atoms with E-state index in [0.29, 0.717) is 40.9 Å². The van der Waals surface area contributed by atoms with Crippen molar-refractivity contribution in [1.29, 1.82) is 0 Å². The molecule has 1 aliphatic rings. The molecule has 8 heteroatoms. The largest absolute Gasteiger partial charge is 0.454 e. The summed E-state index contributed by atoms with van der Waals surface area (Å²) in [7, 11) is 0. The van der Waals surface area contributed by atoms with Gasteiger partial charge in [-0.25, -0.2) is 0 Å². The topological polar surface area (TPSA) is 67.9 Å². The molecular formula is C25H30Cl2N2O4. The number of unbranched alkanes of at least 4 members (excludes halogenated alkanes) is 1. The zero-order valence-electron chi connectivity index (χ0n) is 19.0. The highest BCUT2D eigenvalue weighted by Gasteiger charge is 2.29. The Morgan fingerprint density at radius 2 is 1.88 bits per heavy atom. The molecule has 0 spiro atoms. The third kappa shape index (κ3) is 6.78. The SMILES string of the molecule is CCCCNC(=O)C(CC)N(Cc1ccc(Cl)cc1Cl)C(=O)CCc1ccc2c(c1)OCO2. The maximum atomic E-state index is 13.4. The van der Waals surface area contributed by atoms with Crippen LogP contribution >= 0.6 is 23.2 Å². The van der Waals surface area contributed by atoms with Crippen LogP contribution in [0.1, 0.15) is 50.7 Å². The molecule has 2 amide bonds. The number of nitrogens with zero attached hydrogens (tertiary/aromatic N) is 1. The first kappa shape index (κ1) is 25.2. The second-order valence-corrected chi connectivity index (χ2v) is 8.86. The summed E-state index contributed by atoms with van der Waals surface area (Å²) in [6.07, 6.45) is 3.15. The molecule has 1 N–H and O–H groups in total. The van der Waals surface area contributed by atoms with Gasteiger partial charge in [-0.05, 0) is 54.7 Å². The molecule has 0 radical (unpaired) electrons. The minimum atomic E-state index is -0.585. The zero-order chi connectivity index (χ0) is 23.8. The molecule has 0 aromatic heterocycles. The third-order valence-electron chi connectivity index (χ3n) is 5.64. The molecule has 3 rings (SSSR count). The highest BCUT2D eigenvalue weighted by molar-refractivity contribution is 6.35. The van der Waals surface area contributed by atoms with Crippen LogP contribution in [-0.4, -0.2) is 36.1 Å². The number of fused-ring (bicyclic) bond motifs is 1. The molecule has 6 nitrogen and oxygen atoms in total. The number of carbonyl (C=O) groups excluding carboxylic acids is 2. The summed E-state index contributed by atoms with van der Waals surface area (Å²) >= 11 is 12.4. The fourth-order valence-electron chi connectivity index (χ4n) is 3.75. The first-order valence-electron chi connectivity index (χ1n) is 11.3. The summed E-state index contributed by atoms with van der Waals surface area (Å²) in [6.45, 7) is 5.00. The molecule has 0 saturated heterocycles. The van der Waals surface area contributed by atoms with E-state index in [1.807, 2.05) is 25.1 Å². The molecule has 178 valence electrons. The van der Waals surface area contributed by atoms with Crippen LogP contribution < -0.4 is 14.8 Å². The van der Waals surface area contributed by atoms with Crippen molar-refractivity contribution in [3.8, 4) is 11.5 Å². The standard InChI is InChI=1S/C25H30Cl2N2O4/c1-3-5-12-28-25(31)21(4-2)29(15-18-8-9-19(26)14-20(18)27)24(30)11-7-17-6-10-22-23(13-17)33-16-32-22/h6,8-10,13-14,21H,3-5,7,11-12,15-16H2,1-2H3,(H,28,31). The predicted molar refractivity (Wildman–Crippen MR) is 130 cm³/mol. The van der Waals surface area contributed by atoms with Gasteiger partial charge in [-0.2, -0.15) is 0 Å². The second kappa shape index (κ2) is 12.1. The number of nitrogens with one attached hydrogen (secondary N) is 1. The van der Waals surface area contributed by atoms with Crippen LogP contribution in [0.25, 0.3) is 0 Å². The normalized spacial score (nSPS) is 13.0. The van der Waals surface area contributed by atoms with Crippen LogP contribution in [-0.2, 0) is 22.6 Å². The van der Waals surface area contributed by atoms with Gasteiger partial charge < -0.3 is 19.7 Å². The monoisotopic (exact) mass is 492 g/mol. The number of benzene rings is 2. The molecule has 1 unspecified atom stereocenters. The van der Waals surface area contributed by atoms with Gasteiger partial charge in [-0.1, -0.05) is 55.6 Å². The van der Waals surface area contributed by atoms with Gasteiger partial charge in [0, 0.05) is 29.6 Å². The number of amides is 2. The van der Waals surface area contributed by atoms with Crippen molar-refractivity contribution in [3.63, 3.8) is 0 Å². The molecule has 33 heavy (non-hydrogen) atoms. The van der Waals surface area contributed by atoms with Gasteiger partial charge in [0.25, 0.3) is 0 Å². The first-order chi connectivity index (χ1) is 15.9. The summed E-state index contributed by atoms with van der Waals surface area (Å²) in [4.78, 5) is 28.0. The van der Waals surface area contributed by atoms with Gasteiger partial charge in [0.05, 0.1) is 0 Å². The number of aryl methyl sites for hydroxylation is 1. The van der Waals surface area contributed by atoms with E-state index in [9.17, 15) is 9.59 Å². The fraction of sp³-hybridized carbons (Fsp3) is 0.440. The Hall–Kier alpha value is -2.44. The molecule has 2 aromatic carbocycles. The number of hydrogen-bond acceptors (Lipinski definition) is 4. The van der Waals surface area contributed by atoms with E-state index in [1.165, 1.54) is 0 Å². The van der Waals surface area contributed by atoms with E-state index in [-0.39, 0.29) is 31.6 Å². The van der Waals surface area contributed by atoms with E-state index in [2.05, 4.69) is 12.2 Å². The average molecular weight is 493 g/mol. The molecule has 1 atom stereocenters. The number of ether oxygens (including phenoxy) is 2. The van der Waals surface area contributed by atoms with E-state index in [0.717, 1.165) is 24.0 Å². The smallest absolute Gasteiger partial charge is 0.242 e. The minimum absolute atomic E-state index is 0.115. The van der Waals surface area contributed by atoms with Crippen molar-refractivity contribution in [2.24, 2.45) is 0 Å². The van der Waals surface area contributed by atoms with Crippen molar-refractivity contribution in [1.82, 2.24) is 10.2 Å². The third-order valence-corrected chi connectivity index (χ3v) is 6.22. The van der Waals surface area contributed by atoms with Crippen LogP contribution in [0.2, 0.25) is 10.0 Å². The fourth-order valence-corrected chi connectivity index (χ4v) is 4.22. The average Bonchev–Trinajstić information content (AvgIpc) is 3.27. The number of halogens is 2. The van der Waals surface area contributed by atoms with Crippen LogP contribution in [0, 0.1) is 0 Å². The second-order valence-electron chi connectivity index (χ2n) is 8.01. The molecule has 2 aromatic rings. The van der Waals surface area contributed by atoms with Gasteiger partial charge in [0.2, 0.25) is 18.6 Å². The van der Waals surface area contributed by atoms with Crippen LogP contribution in [0.15, 0.2) is 36.4 Å². The van der Waals surface area contributed by atoms with Crippen molar-refractivity contribution in [3.05, 3.63) is 57.6 Å². The zero-order valence-corrected chi connectivity index (χ0v) is 20.5. The maximum Gasteiger partial charge on any atom is 0.242 e. The van der Waals surface area contributed by atoms with E-state index in [1.54, 1.807) is 23.1 Å². The molecule has 0 fully saturated rings. The Kier molecular flexibility index (Phi) is 9.27. The van der Waals surface area contributed by atoms with Gasteiger partial charge >= 0.3 is 0 Å². The first-order valence-corrected chi connectivity index (χ1v) is 12.1. The molecule has 0 bridgehead atoms. The molecule has 1 heterocycles. The van der Waals surface area contributed by atoms with Crippen molar-refractivity contribution < 1.29 is 19.1 Å². The summed E-state index contributed by atoms with van der Waals surface area (Å²) in [5.41, 5.74) is 1.72. The highest BCUT2D eigenvalue weighted by atomic mass is 35.5. The van der Waals surface area contributed by atoms with Gasteiger partial charge in [-0.3, -0.25) is 9.59 Å². The Labute approximate surface area is 205 Å². The van der Waals surface area contributed by atoms with Crippen LogP contribution in [0.4, 0.5) is 0 Å². The van der Waals surface area contributed by atoms with Crippen molar-refractivity contribution >= 4 is 35.0 Å². The summed E-state index contributed by atoms with van der Waals surface area (Å²) in [6, 6.07) is 10.3. The Morgan fingerprint density at radius 3 is 2.61 bits per heavy atom. The Bertz CT molecular complexity index is 983. The van der Waals surface area contributed by atoms with Crippen LogP contribution in [0.3, 0.4) is 0 Å².